The van der Waals surface area contributed by atoms with Crippen LogP contribution in [0.1, 0.15) is 18.0 Å². The van der Waals surface area contributed by atoms with Crippen LogP contribution in [0.5, 0.6) is 0 Å². The van der Waals surface area contributed by atoms with Gasteiger partial charge in [-0.15, -0.1) is 0 Å². The predicted molar refractivity (Wildman–Crippen MR) is 69.2 cm³/mol. The Balaban J connectivity index is 2.39. The first-order valence-corrected chi connectivity index (χ1v) is 6.81. The molecule has 2 rings (SSSR count). The Morgan fingerprint density at radius 3 is 2.14 bits per heavy atom. The number of nitrogens with zero attached hydrogens (tertiary/aromatic N) is 1. The van der Waals surface area contributed by atoms with E-state index >= 15 is 0 Å². The fourth-order valence-corrected chi connectivity index (χ4v) is 2.69. The first-order chi connectivity index (χ1) is 9.78. The topological polar surface area (TPSA) is 15.3 Å². The maximum Gasteiger partial charge on any atom is 0.390 e. The van der Waals surface area contributed by atoms with Gasteiger partial charge in [0, 0.05) is 42.8 Å². The smallest absolute Gasteiger partial charge is 0.314 e. The van der Waals surface area contributed by atoms with Gasteiger partial charge >= 0.3 is 6.18 Å². The Hall–Kier alpha value is -0.920. The van der Waals surface area contributed by atoms with E-state index in [1.54, 1.807) is 0 Å². The Morgan fingerprint density at radius 1 is 1.14 bits per heavy atom. The normalized spacial score (nSPS) is 18.8. The summed E-state index contributed by atoms with van der Waals surface area (Å²) in [6.07, 6.45) is -5.82. The number of piperazine rings is 1. The third-order valence-corrected chi connectivity index (χ3v) is 3.61. The highest BCUT2D eigenvalue weighted by Gasteiger charge is 2.38. The molecule has 21 heavy (non-hydrogen) atoms. The Kier molecular flexibility index (Phi) is 5.06. The fourth-order valence-electron chi connectivity index (χ4n) is 2.50. The summed E-state index contributed by atoms with van der Waals surface area (Å²) in [4.78, 5) is 1.44. The minimum atomic E-state index is -4.52. The van der Waals surface area contributed by atoms with E-state index < -0.39 is 35.8 Å². The second kappa shape index (κ2) is 6.46. The zero-order valence-electron chi connectivity index (χ0n) is 11.0. The Morgan fingerprint density at radius 2 is 1.67 bits per heavy atom. The number of alkyl halides is 3. The van der Waals surface area contributed by atoms with Crippen LogP contribution in [0, 0.1) is 11.6 Å². The van der Waals surface area contributed by atoms with Crippen molar-refractivity contribution in [2.24, 2.45) is 0 Å². The van der Waals surface area contributed by atoms with Gasteiger partial charge in [-0.25, -0.2) is 8.78 Å². The molecule has 0 radical (unpaired) electrons. The number of halogens is 6. The first kappa shape index (κ1) is 16.5. The van der Waals surface area contributed by atoms with Crippen molar-refractivity contribution in [3.8, 4) is 0 Å². The monoisotopic (exact) mass is 328 g/mol. The largest absolute Gasteiger partial charge is 0.390 e. The van der Waals surface area contributed by atoms with Crippen LogP contribution in [0.25, 0.3) is 0 Å². The highest BCUT2D eigenvalue weighted by Crippen LogP contribution is 2.37. The molecule has 1 aromatic rings. The molecular formula is C13H14ClF5N2. The lowest BCUT2D eigenvalue weighted by atomic mass is 9.99. The van der Waals surface area contributed by atoms with Gasteiger partial charge in [-0.3, -0.25) is 4.90 Å². The summed E-state index contributed by atoms with van der Waals surface area (Å²) in [5.41, 5.74) is -0.571. The highest BCUT2D eigenvalue weighted by molar-refractivity contribution is 6.30. The van der Waals surface area contributed by atoms with E-state index in [1.807, 2.05) is 0 Å². The molecule has 1 saturated heterocycles. The van der Waals surface area contributed by atoms with Crippen LogP contribution >= 0.6 is 11.6 Å². The molecule has 0 bridgehead atoms. The molecule has 2 nitrogen and oxygen atoms in total. The molecule has 0 unspecified atom stereocenters. The van der Waals surface area contributed by atoms with Gasteiger partial charge in [0.2, 0.25) is 0 Å². The second-order valence-electron chi connectivity index (χ2n) is 4.90. The van der Waals surface area contributed by atoms with Gasteiger partial charge < -0.3 is 5.32 Å². The standard InChI is InChI=1S/C13H14ClF5N2/c14-8-5-9(15)12(10(16)6-8)11(7-13(17,18)19)21-3-1-20-2-4-21/h5-6,11,20H,1-4,7H2/t11-/m0/s1. The van der Waals surface area contributed by atoms with E-state index in [0.717, 1.165) is 12.1 Å². The molecule has 0 saturated carbocycles. The summed E-state index contributed by atoms with van der Waals surface area (Å²) in [5, 5.41) is 2.81. The van der Waals surface area contributed by atoms with E-state index in [0.29, 0.717) is 26.2 Å². The van der Waals surface area contributed by atoms with Crippen molar-refractivity contribution >= 4 is 11.6 Å². The van der Waals surface area contributed by atoms with Crippen LogP contribution < -0.4 is 5.32 Å². The molecule has 1 aliphatic heterocycles. The van der Waals surface area contributed by atoms with Gasteiger partial charge in [0.25, 0.3) is 0 Å². The number of hydrogen-bond acceptors (Lipinski definition) is 2. The highest BCUT2D eigenvalue weighted by atomic mass is 35.5. The van der Waals surface area contributed by atoms with Crippen molar-refractivity contribution in [2.45, 2.75) is 18.6 Å². The maximum atomic E-state index is 14.0. The van der Waals surface area contributed by atoms with E-state index in [-0.39, 0.29) is 5.02 Å². The minimum Gasteiger partial charge on any atom is -0.314 e. The molecule has 1 aromatic carbocycles. The molecular weight excluding hydrogens is 315 g/mol. The zero-order chi connectivity index (χ0) is 15.6. The molecule has 0 aliphatic carbocycles. The first-order valence-electron chi connectivity index (χ1n) is 6.44. The number of nitrogens with one attached hydrogen (secondary N) is 1. The summed E-state index contributed by atoms with van der Waals surface area (Å²) in [7, 11) is 0. The van der Waals surface area contributed by atoms with Gasteiger partial charge in [-0.05, 0) is 12.1 Å². The van der Waals surface area contributed by atoms with Crippen molar-refractivity contribution < 1.29 is 22.0 Å². The SMILES string of the molecule is Fc1cc(Cl)cc(F)c1[C@H](CC(F)(F)F)N1CCNCC1. The predicted octanol–water partition coefficient (Wildman–Crippen LogP) is 3.52. The lowest BCUT2D eigenvalue weighted by Gasteiger charge is -2.35. The van der Waals surface area contributed by atoms with Crippen LogP contribution in [0.3, 0.4) is 0 Å². The van der Waals surface area contributed by atoms with Gasteiger partial charge in [0.05, 0.1) is 6.42 Å². The Bertz CT molecular complexity index is 477. The molecule has 1 heterocycles. The van der Waals surface area contributed by atoms with Crippen molar-refractivity contribution in [3.05, 3.63) is 34.4 Å². The van der Waals surface area contributed by atoms with Crippen molar-refractivity contribution in [1.29, 1.82) is 0 Å². The van der Waals surface area contributed by atoms with E-state index in [9.17, 15) is 22.0 Å². The molecule has 1 aliphatic rings. The van der Waals surface area contributed by atoms with Crippen molar-refractivity contribution in [2.75, 3.05) is 26.2 Å². The van der Waals surface area contributed by atoms with Crippen LogP contribution in [0.2, 0.25) is 5.02 Å². The molecule has 1 N–H and O–H groups in total. The summed E-state index contributed by atoms with van der Waals surface area (Å²) in [6.45, 7) is 1.54. The number of hydrogen-bond donors (Lipinski definition) is 1. The average molecular weight is 329 g/mol. The molecule has 118 valence electrons. The van der Waals surface area contributed by atoms with Gasteiger partial charge in [-0.1, -0.05) is 11.6 Å². The van der Waals surface area contributed by atoms with E-state index in [2.05, 4.69) is 5.32 Å². The molecule has 1 atom stereocenters. The van der Waals surface area contributed by atoms with Crippen LogP contribution in [-0.2, 0) is 0 Å². The Labute approximate surface area is 123 Å². The van der Waals surface area contributed by atoms with Crippen molar-refractivity contribution in [1.82, 2.24) is 10.2 Å². The summed E-state index contributed by atoms with van der Waals surface area (Å²) < 4.78 is 66.2. The summed E-state index contributed by atoms with van der Waals surface area (Å²) in [5.74, 6) is -2.10. The number of benzene rings is 1. The van der Waals surface area contributed by atoms with Crippen LogP contribution in [-0.4, -0.2) is 37.3 Å². The molecule has 8 heteroatoms. The fraction of sp³-hybridized carbons (Fsp3) is 0.538. The zero-order valence-corrected chi connectivity index (χ0v) is 11.7. The lowest BCUT2D eigenvalue weighted by molar-refractivity contribution is -0.149. The third kappa shape index (κ3) is 4.28. The van der Waals surface area contributed by atoms with Crippen molar-refractivity contribution in [3.63, 3.8) is 0 Å². The third-order valence-electron chi connectivity index (χ3n) is 3.39. The van der Waals surface area contributed by atoms with Gasteiger partial charge in [0.1, 0.15) is 11.6 Å². The summed E-state index contributed by atoms with van der Waals surface area (Å²) >= 11 is 5.52. The molecule has 0 spiro atoms. The minimum absolute atomic E-state index is 0.181. The molecule has 0 amide bonds. The second-order valence-corrected chi connectivity index (χ2v) is 5.34. The average Bonchev–Trinajstić information content (AvgIpc) is 2.36. The van der Waals surface area contributed by atoms with E-state index in [4.69, 9.17) is 11.6 Å². The lowest BCUT2D eigenvalue weighted by Crippen LogP contribution is -2.46. The molecule has 0 aromatic heterocycles. The van der Waals surface area contributed by atoms with Gasteiger partial charge in [0.15, 0.2) is 0 Å². The quantitative estimate of drug-likeness (QED) is 0.854. The number of rotatable bonds is 3. The van der Waals surface area contributed by atoms with Gasteiger partial charge in [-0.2, -0.15) is 13.2 Å². The van der Waals surface area contributed by atoms with Crippen LogP contribution in [0.4, 0.5) is 22.0 Å². The summed E-state index contributed by atoms with van der Waals surface area (Å²) in [6, 6.07) is 0.293. The van der Waals surface area contributed by atoms with Crippen LogP contribution in [0.15, 0.2) is 12.1 Å². The molecule has 1 fully saturated rings. The maximum absolute atomic E-state index is 14.0. The van der Waals surface area contributed by atoms with E-state index in [1.165, 1.54) is 4.90 Å².